The Balaban J connectivity index is 1.24. The van der Waals surface area contributed by atoms with Gasteiger partial charge in [0.05, 0.1) is 12.7 Å². The summed E-state index contributed by atoms with van der Waals surface area (Å²) in [4.78, 5) is 12.8. The predicted molar refractivity (Wildman–Crippen MR) is 150 cm³/mol. The van der Waals surface area contributed by atoms with Crippen LogP contribution in [0, 0.1) is 46.3 Å². The van der Waals surface area contributed by atoms with Gasteiger partial charge in [-0.1, -0.05) is 39.0 Å². The second kappa shape index (κ2) is 10.9. The molecular weight excluding hydrogens is 458 g/mol. The third-order valence-electron chi connectivity index (χ3n) is 12.0. The number of hydrogen-bond acceptors (Lipinski definition) is 4. The van der Waals surface area contributed by atoms with E-state index in [9.17, 15) is 9.90 Å². The molecule has 0 heterocycles. The minimum atomic E-state index is -0.289. The predicted octanol–water partition coefficient (Wildman–Crippen LogP) is 7.47. The molecule has 0 radical (unpaired) electrons. The molecule has 0 aromatic heterocycles. The van der Waals surface area contributed by atoms with Gasteiger partial charge in [-0.15, -0.1) is 0 Å². The van der Waals surface area contributed by atoms with Crippen molar-refractivity contribution in [2.45, 2.75) is 110 Å². The van der Waals surface area contributed by atoms with Crippen LogP contribution >= 0.6 is 0 Å². The molecule has 1 aromatic rings. The van der Waals surface area contributed by atoms with E-state index in [1.165, 1.54) is 44.9 Å². The summed E-state index contributed by atoms with van der Waals surface area (Å²) in [6.07, 6.45) is 13.3. The first kappa shape index (κ1) is 27.0. The van der Waals surface area contributed by atoms with Crippen LogP contribution in [0.15, 0.2) is 30.3 Å². The number of aliphatic hydroxyl groups excluding tert-OH is 1. The molecular formula is C33H51NO3. The van der Waals surface area contributed by atoms with Crippen LogP contribution < -0.4 is 5.32 Å². The zero-order chi connectivity index (χ0) is 26.2. The molecule has 0 unspecified atom stereocenters. The Labute approximate surface area is 225 Å². The third kappa shape index (κ3) is 5.09. The van der Waals surface area contributed by atoms with Crippen molar-refractivity contribution in [1.29, 1.82) is 0 Å². The van der Waals surface area contributed by atoms with Gasteiger partial charge in [-0.3, -0.25) is 0 Å². The van der Waals surface area contributed by atoms with E-state index in [-0.39, 0.29) is 18.1 Å². The molecule has 4 aliphatic rings. The molecule has 4 aliphatic carbocycles. The molecule has 2 N–H and O–H groups in total. The fourth-order valence-electron chi connectivity index (χ4n) is 10.1. The van der Waals surface area contributed by atoms with E-state index in [0.29, 0.717) is 23.4 Å². The van der Waals surface area contributed by atoms with Crippen molar-refractivity contribution in [3.8, 4) is 0 Å². The van der Waals surface area contributed by atoms with E-state index in [2.05, 4.69) is 26.1 Å². The van der Waals surface area contributed by atoms with E-state index in [1.807, 2.05) is 37.3 Å². The number of para-hydroxylation sites is 1. The van der Waals surface area contributed by atoms with Crippen molar-refractivity contribution in [1.82, 2.24) is 0 Å². The second-order valence-electron chi connectivity index (χ2n) is 13.7. The molecule has 4 heteroatoms. The van der Waals surface area contributed by atoms with Crippen LogP contribution in [0.3, 0.4) is 0 Å². The second-order valence-corrected chi connectivity index (χ2v) is 13.7. The summed E-state index contributed by atoms with van der Waals surface area (Å²) in [7, 11) is 0. The number of benzene rings is 1. The van der Waals surface area contributed by atoms with Crippen molar-refractivity contribution in [3.05, 3.63) is 30.3 Å². The summed E-state index contributed by atoms with van der Waals surface area (Å²) >= 11 is 0. The van der Waals surface area contributed by atoms with E-state index in [1.54, 1.807) is 0 Å². The summed E-state index contributed by atoms with van der Waals surface area (Å²) in [6.45, 7) is 9.99. The molecule has 0 bridgehead atoms. The number of anilines is 1. The summed E-state index contributed by atoms with van der Waals surface area (Å²) in [5.41, 5.74) is 1.87. The van der Waals surface area contributed by atoms with E-state index < -0.39 is 0 Å². The van der Waals surface area contributed by atoms with Crippen molar-refractivity contribution in [2.24, 2.45) is 46.3 Å². The zero-order valence-electron chi connectivity index (χ0n) is 23.8. The summed E-state index contributed by atoms with van der Waals surface area (Å²) in [5, 5.41) is 13.8. The Morgan fingerprint density at radius 3 is 2.49 bits per heavy atom. The van der Waals surface area contributed by atoms with Gasteiger partial charge in [0, 0.05) is 5.69 Å². The van der Waals surface area contributed by atoms with Crippen molar-refractivity contribution >= 4 is 11.7 Å². The zero-order valence-corrected chi connectivity index (χ0v) is 23.8. The maximum Gasteiger partial charge on any atom is 0.328 e. The standard InChI is InChI=1S/C33H51NO3/c1-5-37-31(36)30(34-24-9-7-6-8-10-24)16-11-22(2)27-14-15-28-26-13-12-23-21-25(35)17-19-32(23,3)29(26)18-20-33(27,28)4/h6-10,22-23,25-30,34-35H,5,11-21H2,1-4H3/t22-,23-,25-,26+,27-,28+,29+,30-,32+,33-/m1/s1. The van der Waals surface area contributed by atoms with Gasteiger partial charge in [-0.2, -0.15) is 0 Å². The lowest BCUT2D eigenvalue weighted by atomic mass is 9.44. The maximum atomic E-state index is 12.8. The average Bonchev–Trinajstić information content (AvgIpc) is 3.25. The highest BCUT2D eigenvalue weighted by molar-refractivity contribution is 5.79. The van der Waals surface area contributed by atoms with Crippen LogP contribution in [-0.2, 0) is 9.53 Å². The Kier molecular flexibility index (Phi) is 7.97. The molecule has 10 atom stereocenters. The molecule has 0 saturated heterocycles. The van der Waals surface area contributed by atoms with Crippen molar-refractivity contribution in [2.75, 3.05) is 11.9 Å². The smallest absolute Gasteiger partial charge is 0.328 e. The number of nitrogens with one attached hydrogen (secondary N) is 1. The minimum Gasteiger partial charge on any atom is -0.464 e. The van der Waals surface area contributed by atoms with Crippen molar-refractivity contribution in [3.63, 3.8) is 0 Å². The molecule has 1 aromatic carbocycles. The lowest BCUT2D eigenvalue weighted by Crippen LogP contribution is -2.54. The Hall–Kier alpha value is -1.55. The lowest BCUT2D eigenvalue weighted by molar-refractivity contribution is -0.144. The quantitative estimate of drug-likeness (QED) is 0.357. The van der Waals surface area contributed by atoms with E-state index >= 15 is 0 Å². The van der Waals surface area contributed by atoms with E-state index in [4.69, 9.17) is 4.74 Å². The first-order chi connectivity index (χ1) is 17.8. The van der Waals surface area contributed by atoms with Crippen LogP contribution in [0.1, 0.15) is 98.3 Å². The number of carbonyl (C=O) groups is 1. The Bertz CT molecular complexity index is 919. The molecule has 0 spiro atoms. The van der Waals surface area contributed by atoms with Gasteiger partial charge in [0.15, 0.2) is 0 Å². The minimum absolute atomic E-state index is 0.0602. The first-order valence-corrected chi connectivity index (χ1v) is 15.4. The number of carbonyl (C=O) groups excluding carboxylic acids is 1. The fourth-order valence-corrected chi connectivity index (χ4v) is 10.1. The number of aliphatic hydroxyl groups is 1. The monoisotopic (exact) mass is 509 g/mol. The normalized spacial score (nSPS) is 40.6. The molecule has 0 aliphatic heterocycles. The van der Waals surface area contributed by atoms with Crippen LogP contribution in [0.25, 0.3) is 0 Å². The molecule has 5 rings (SSSR count). The number of ether oxygens (including phenoxy) is 1. The van der Waals surface area contributed by atoms with Crippen molar-refractivity contribution < 1.29 is 14.6 Å². The summed E-state index contributed by atoms with van der Waals surface area (Å²) < 4.78 is 5.44. The van der Waals surface area contributed by atoms with Crippen LogP contribution in [0.5, 0.6) is 0 Å². The first-order valence-electron chi connectivity index (χ1n) is 15.4. The van der Waals surface area contributed by atoms with Gasteiger partial charge in [0.25, 0.3) is 0 Å². The molecule has 4 fully saturated rings. The van der Waals surface area contributed by atoms with Gasteiger partial charge in [0.2, 0.25) is 0 Å². The number of rotatable bonds is 8. The number of hydrogen-bond donors (Lipinski definition) is 2. The Morgan fingerprint density at radius 2 is 1.73 bits per heavy atom. The highest BCUT2D eigenvalue weighted by Crippen LogP contribution is 2.68. The molecule has 4 nitrogen and oxygen atoms in total. The summed E-state index contributed by atoms with van der Waals surface area (Å²) in [6, 6.07) is 9.78. The fraction of sp³-hybridized carbons (Fsp3) is 0.788. The third-order valence-corrected chi connectivity index (χ3v) is 12.0. The largest absolute Gasteiger partial charge is 0.464 e. The highest BCUT2D eigenvalue weighted by Gasteiger charge is 2.60. The van der Waals surface area contributed by atoms with Crippen LogP contribution in [0.2, 0.25) is 0 Å². The van der Waals surface area contributed by atoms with Gasteiger partial charge in [-0.05, 0) is 136 Å². The van der Waals surface area contributed by atoms with Crippen LogP contribution in [0.4, 0.5) is 5.69 Å². The SMILES string of the molecule is CCOC(=O)[C@@H](CC[C@@H](C)[C@H]1CC[C@H]2[C@@H]3CC[C@@H]4C[C@H](O)CC[C@]4(C)[C@H]3CC[C@]12C)Nc1ccccc1. The van der Waals surface area contributed by atoms with Gasteiger partial charge >= 0.3 is 5.97 Å². The molecule has 4 saturated carbocycles. The highest BCUT2D eigenvalue weighted by atomic mass is 16.5. The van der Waals surface area contributed by atoms with Gasteiger partial charge in [-0.25, -0.2) is 4.79 Å². The topological polar surface area (TPSA) is 58.6 Å². The lowest BCUT2D eigenvalue weighted by Gasteiger charge is -2.61. The molecule has 206 valence electrons. The molecule has 37 heavy (non-hydrogen) atoms. The summed E-state index contributed by atoms with van der Waals surface area (Å²) in [5.74, 6) is 4.54. The van der Waals surface area contributed by atoms with E-state index in [0.717, 1.165) is 61.0 Å². The molecule has 0 amide bonds. The van der Waals surface area contributed by atoms with Gasteiger partial charge in [0.1, 0.15) is 6.04 Å². The number of fused-ring (bicyclic) bond motifs is 5. The Morgan fingerprint density at radius 1 is 1.00 bits per heavy atom. The maximum absolute atomic E-state index is 12.8. The van der Waals surface area contributed by atoms with Crippen LogP contribution in [-0.4, -0.2) is 29.8 Å². The number of esters is 1. The average molecular weight is 510 g/mol. The van der Waals surface area contributed by atoms with Gasteiger partial charge < -0.3 is 15.2 Å².